The average Bonchev–Trinajstić information content (AvgIpc) is 3.78. The van der Waals surface area contributed by atoms with E-state index in [1.807, 2.05) is 12.1 Å². The number of hydrogen-bond donors (Lipinski definition) is 0. The van der Waals surface area contributed by atoms with Crippen molar-refractivity contribution < 1.29 is 4.57 Å². The Morgan fingerprint density at radius 3 is 2.19 bits per heavy atom. The van der Waals surface area contributed by atoms with Gasteiger partial charge in [-0.3, -0.25) is 0 Å². The third kappa shape index (κ3) is 6.65. The lowest BCUT2D eigenvalue weighted by Crippen LogP contribution is -2.33. The van der Waals surface area contributed by atoms with Crippen molar-refractivity contribution >= 4 is 79.7 Å². The highest BCUT2D eigenvalue weighted by Crippen LogP contribution is 2.47. The maximum atomic E-state index is 6.36. The van der Waals surface area contributed by atoms with E-state index >= 15 is 0 Å². The molecule has 48 heavy (non-hydrogen) atoms. The van der Waals surface area contributed by atoms with Crippen molar-refractivity contribution in [2.24, 2.45) is 0 Å². The van der Waals surface area contributed by atoms with Gasteiger partial charge in [-0.1, -0.05) is 107 Å². The minimum Gasteiger partial charge on any atom is -0.335 e. The largest absolute Gasteiger partial charge is 0.335 e. The summed E-state index contributed by atoms with van der Waals surface area (Å²) in [7, 11) is 0. The summed E-state index contributed by atoms with van der Waals surface area (Å²) in [6, 6.07) is 33.7. The Kier molecular flexibility index (Phi) is 9.92. The van der Waals surface area contributed by atoms with Gasteiger partial charge in [0.05, 0.1) is 16.4 Å². The molecule has 4 aromatic carbocycles. The zero-order chi connectivity index (χ0) is 33.0. The number of nitrogens with zero attached hydrogens (tertiary/aromatic N) is 3. The summed E-state index contributed by atoms with van der Waals surface area (Å²) in [5.74, 6) is 0. The summed E-state index contributed by atoms with van der Waals surface area (Å²) in [6.07, 6.45) is 15.4. The number of aromatic nitrogens is 1. The number of hydrogen-bond acceptors (Lipinski definition) is 4. The number of benzene rings is 4. The van der Waals surface area contributed by atoms with E-state index in [-0.39, 0.29) is 0 Å². The van der Waals surface area contributed by atoms with E-state index in [1.165, 1.54) is 47.7 Å². The second-order valence-electron chi connectivity index (χ2n) is 11.6. The lowest BCUT2D eigenvalue weighted by Gasteiger charge is -2.28. The fraction of sp³-hybridized carbons (Fsp3) is 0.146. The first-order valence-corrected chi connectivity index (χ1v) is 18.7. The van der Waals surface area contributed by atoms with Crippen LogP contribution in [-0.2, 0) is 6.54 Å². The molecule has 0 spiro atoms. The van der Waals surface area contributed by atoms with E-state index in [9.17, 15) is 0 Å². The van der Waals surface area contributed by atoms with Crippen LogP contribution in [0, 0.1) is 0 Å². The van der Waals surface area contributed by atoms with Crippen LogP contribution in [0.1, 0.15) is 31.7 Å². The Bertz CT molecular complexity index is 2070. The fourth-order valence-corrected chi connectivity index (χ4v) is 9.00. The number of rotatable bonds is 9. The van der Waals surface area contributed by atoms with Crippen LogP contribution in [0.2, 0.25) is 10.0 Å². The number of para-hydroxylation sites is 2. The van der Waals surface area contributed by atoms with E-state index in [0.29, 0.717) is 0 Å². The van der Waals surface area contributed by atoms with Crippen LogP contribution in [0.15, 0.2) is 154 Å². The predicted molar refractivity (Wildman–Crippen MR) is 209 cm³/mol. The van der Waals surface area contributed by atoms with Crippen molar-refractivity contribution in [2.45, 2.75) is 38.1 Å². The highest BCUT2D eigenvalue weighted by Gasteiger charge is 2.27. The van der Waals surface area contributed by atoms with Crippen molar-refractivity contribution in [1.29, 1.82) is 0 Å². The molecule has 0 unspecified atom stereocenters. The molecule has 0 bridgehead atoms. The van der Waals surface area contributed by atoms with Gasteiger partial charge in [0, 0.05) is 45.0 Å². The topological polar surface area (TPSA) is 10.4 Å². The Morgan fingerprint density at radius 1 is 0.792 bits per heavy atom. The van der Waals surface area contributed by atoms with Gasteiger partial charge in [-0.05, 0) is 98.5 Å². The molecule has 7 heteroatoms. The van der Waals surface area contributed by atoms with Gasteiger partial charge in [-0.15, -0.1) is 0 Å². The molecule has 1 aliphatic heterocycles. The molecule has 1 aliphatic carbocycles. The summed E-state index contributed by atoms with van der Waals surface area (Å²) in [6.45, 7) is 6.13. The number of halogens is 2. The zero-order valence-corrected chi connectivity index (χ0v) is 30.1. The summed E-state index contributed by atoms with van der Waals surface area (Å²) in [5, 5.41) is 3.95. The van der Waals surface area contributed by atoms with E-state index in [1.54, 1.807) is 23.1 Å². The zero-order valence-electron chi connectivity index (χ0n) is 26.9. The van der Waals surface area contributed by atoms with Crippen LogP contribution in [0.4, 0.5) is 17.1 Å². The fourth-order valence-electron chi connectivity index (χ4n) is 6.43. The Labute approximate surface area is 301 Å². The molecule has 2 heterocycles. The van der Waals surface area contributed by atoms with E-state index in [2.05, 4.69) is 150 Å². The van der Waals surface area contributed by atoms with Crippen LogP contribution in [0.5, 0.6) is 0 Å². The smallest absolute Gasteiger partial charge is 0.262 e. The van der Waals surface area contributed by atoms with Crippen molar-refractivity contribution in [2.75, 3.05) is 16.3 Å². The first-order chi connectivity index (χ1) is 23.5. The van der Waals surface area contributed by atoms with Crippen molar-refractivity contribution in [3.05, 3.63) is 164 Å². The van der Waals surface area contributed by atoms with Gasteiger partial charge in [0.1, 0.15) is 11.2 Å². The normalized spacial score (nSPS) is 16.5. The van der Waals surface area contributed by atoms with Crippen molar-refractivity contribution in [3.8, 4) is 0 Å². The number of anilines is 3. The summed E-state index contributed by atoms with van der Waals surface area (Å²) < 4.78 is 3.57. The highest BCUT2D eigenvalue weighted by molar-refractivity contribution is 8.03. The average molecular weight is 706 g/mol. The lowest BCUT2D eigenvalue weighted by atomic mass is 10.1. The molecule has 0 saturated heterocycles. The Hall–Kier alpha value is -4.00. The van der Waals surface area contributed by atoms with Crippen LogP contribution in [0.3, 0.4) is 0 Å². The van der Waals surface area contributed by atoms with Crippen molar-refractivity contribution in [3.63, 3.8) is 0 Å². The maximum Gasteiger partial charge on any atom is 0.262 e. The first-order valence-electron chi connectivity index (χ1n) is 16.3. The molecule has 0 atom stereocenters. The number of fused-ring (bicyclic) bond motifs is 2. The molecule has 240 valence electrons. The van der Waals surface area contributed by atoms with E-state index in [0.717, 1.165) is 47.4 Å². The van der Waals surface area contributed by atoms with Gasteiger partial charge in [0.15, 0.2) is 0 Å². The van der Waals surface area contributed by atoms with Crippen LogP contribution in [0.25, 0.3) is 16.3 Å². The monoisotopic (exact) mass is 704 g/mol. The first kappa shape index (κ1) is 32.5. The molecule has 5 aromatic rings. The molecular weight excluding hydrogens is 670 g/mol. The number of thioether (sulfide) groups is 1. The molecular formula is C41H36Cl2N3S2+. The van der Waals surface area contributed by atoms with Gasteiger partial charge >= 0.3 is 0 Å². The third-order valence-corrected chi connectivity index (χ3v) is 11.3. The van der Waals surface area contributed by atoms with Gasteiger partial charge in [0.2, 0.25) is 5.52 Å². The van der Waals surface area contributed by atoms with Gasteiger partial charge in [-0.2, -0.15) is 4.57 Å². The van der Waals surface area contributed by atoms with E-state index in [4.69, 9.17) is 23.2 Å². The SMILES string of the molecule is CCN1C(=CC=CC2=C(N(c3ccccc3)c3ccccc3)C(=CC=Cc3sc4ccc(Cl)cc4[n+]3CC)CC2)Sc2ccc(Cl)cc21. The van der Waals surface area contributed by atoms with Crippen LogP contribution >= 0.6 is 46.3 Å². The molecule has 2 aliphatic rings. The number of allylic oxidation sites excluding steroid dienone is 7. The predicted octanol–water partition coefficient (Wildman–Crippen LogP) is 12.4. The van der Waals surface area contributed by atoms with Crippen molar-refractivity contribution in [1.82, 2.24) is 0 Å². The summed E-state index contributed by atoms with van der Waals surface area (Å²) in [5.41, 5.74) is 8.49. The minimum atomic E-state index is 0.766. The highest BCUT2D eigenvalue weighted by atomic mass is 35.5. The summed E-state index contributed by atoms with van der Waals surface area (Å²) >= 11 is 16.3. The maximum absolute atomic E-state index is 6.36. The quantitative estimate of drug-likeness (QED) is 0.141. The number of aryl methyl sites for hydroxylation is 1. The molecule has 3 nitrogen and oxygen atoms in total. The van der Waals surface area contributed by atoms with Gasteiger partial charge < -0.3 is 9.80 Å². The second-order valence-corrected chi connectivity index (χ2v) is 14.5. The molecule has 7 rings (SSSR count). The molecule has 0 N–H and O–H groups in total. The molecule has 0 amide bonds. The third-order valence-electron chi connectivity index (χ3n) is 8.61. The van der Waals surface area contributed by atoms with Crippen LogP contribution in [-0.4, -0.2) is 6.54 Å². The Balaban J connectivity index is 1.29. The summed E-state index contributed by atoms with van der Waals surface area (Å²) in [4.78, 5) is 5.98. The lowest BCUT2D eigenvalue weighted by molar-refractivity contribution is -0.665. The Morgan fingerprint density at radius 2 is 1.48 bits per heavy atom. The number of thiazole rings is 1. The van der Waals surface area contributed by atoms with Gasteiger partial charge in [-0.25, -0.2) is 0 Å². The standard InChI is InChI=1S/C41H36Cl2N3S2/c1-3-44-35-27-31(42)23-25-37(35)47-39(44)19-11-13-29-21-22-30(14-12-20-40-45(4-2)36-28-32(43)24-26-38(36)48-40)41(29)46(33-15-7-5-8-16-33)34-17-9-6-10-18-34/h5-20,23-28H,3-4,21-22H2,1-2H3/q+1. The minimum absolute atomic E-state index is 0.766. The molecule has 0 fully saturated rings. The second kappa shape index (κ2) is 14.6. The van der Waals surface area contributed by atoms with Crippen LogP contribution < -0.4 is 14.4 Å². The molecule has 0 radical (unpaired) electrons. The molecule has 0 saturated carbocycles. The molecule has 1 aromatic heterocycles. The van der Waals surface area contributed by atoms with E-state index < -0.39 is 0 Å². The van der Waals surface area contributed by atoms with Gasteiger partial charge in [0.25, 0.3) is 5.01 Å².